The minimum atomic E-state index is -0.773. The number of carbonyl (C=O) groups is 2. The van der Waals surface area contributed by atoms with Gasteiger partial charge in [0.2, 0.25) is 0 Å². The van der Waals surface area contributed by atoms with E-state index in [1.165, 1.54) is 19.3 Å². The second-order valence-electron chi connectivity index (χ2n) is 8.13. The molecule has 1 rings (SSSR count). The van der Waals surface area contributed by atoms with Crippen molar-refractivity contribution in [2.45, 2.75) is 104 Å². The maximum absolute atomic E-state index is 12.5. The number of hydrogen-bond donors (Lipinski definition) is 1. The first kappa shape index (κ1) is 22.0. The number of hydrogen-bond acceptors (Lipinski definition) is 3. The van der Waals surface area contributed by atoms with Crippen molar-refractivity contribution < 1.29 is 19.4 Å². The van der Waals surface area contributed by atoms with Crippen molar-refractivity contribution in [3.63, 3.8) is 0 Å². The van der Waals surface area contributed by atoms with Gasteiger partial charge in [-0.25, -0.2) is 0 Å². The highest BCUT2D eigenvalue weighted by molar-refractivity contribution is 5.75. The minimum Gasteiger partial charge on any atom is -0.481 e. The molecular weight excluding hydrogens is 316 g/mol. The van der Waals surface area contributed by atoms with Gasteiger partial charge in [-0.1, -0.05) is 52.9 Å². The van der Waals surface area contributed by atoms with Crippen LogP contribution in [0.2, 0.25) is 0 Å². The fourth-order valence-corrected chi connectivity index (χ4v) is 3.70. The highest BCUT2D eigenvalue weighted by atomic mass is 16.5. The first-order valence-electron chi connectivity index (χ1n) is 10.4. The molecule has 146 valence electrons. The highest BCUT2D eigenvalue weighted by Gasteiger charge is 2.32. The van der Waals surface area contributed by atoms with Crippen LogP contribution in [0.15, 0.2) is 0 Å². The van der Waals surface area contributed by atoms with E-state index in [-0.39, 0.29) is 23.9 Å². The second kappa shape index (κ2) is 12.3. The highest BCUT2D eigenvalue weighted by Crippen LogP contribution is 2.31. The summed E-state index contributed by atoms with van der Waals surface area (Å²) in [5.41, 5.74) is 0. The molecule has 0 bridgehead atoms. The first-order valence-corrected chi connectivity index (χ1v) is 10.4. The zero-order chi connectivity index (χ0) is 18.7. The molecule has 0 spiro atoms. The van der Waals surface area contributed by atoms with Gasteiger partial charge in [0.15, 0.2) is 0 Å². The van der Waals surface area contributed by atoms with Gasteiger partial charge in [0.05, 0.1) is 11.8 Å². The van der Waals surface area contributed by atoms with Gasteiger partial charge in [0.1, 0.15) is 6.10 Å². The van der Waals surface area contributed by atoms with Gasteiger partial charge in [-0.2, -0.15) is 0 Å². The van der Waals surface area contributed by atoms with Crippen LogP contribution in [-0.2, 0) is 14.3 Å². The molecule has 0 amide bonds. The molecule has 3 unspecified atom stereocenters. The van der Waals surface area contributed by atoms with Crippen LogP contribution in [0.25, 0.3) is 0 Å². The molecule has 25 heavy (non-hydrogen) atoms. The van der Waals surface area contributed by atoms with Crippen LogP contribution < -0.4 is 0 Å². The molecule has 0 radical (unpaired) electrons. The lowest BCUT2D eigenvalue weighted by Gasteiger charge is -2.27. The molecule has 0 aliphatic heterocycles. The number of carbonyl (C=O) groups excluding carboxylic acids is 1. The Balaban J connectivity index is 2.46. The van der Waals surface area contributed by atoms with E-state index >= 15 is 0 Å². The lowest BCUT2D eigenvalue weighted by Crippen LogP contribution is -2.31. The summed E-state index contributed by atoms with van der Waals surface area (Å²) >= 11 is 0. The van der Waals surface area contributed by atoms with Gasteiger partial charge in [0, 0.05) is 0 Å². The quantitative estimate of drug-likeness (QED) is 0.367. The second-order valence-corrected chi connectivity index (χ2v) is 8.13. The lowest BCUT2D eigenvalue weighted by molar-refractivity contribution is -0.158. The summed E-state index contributed by atoms with van der Waals surface area (Å²) in [5, 5.41) is 9.20. The smallest absolute Gasteiger partial charge is 0.309 e. The predicted molar refractivity (Wildman–Crippen MR) is 100 cm³/mol. The molecule has 4 heteroatoms. The van der Waals surface area contributed by atoms with E-state index in [9.17, 15) is 14.7 Å². The third kappa shape index (κ3) is 9.27. The Morgan fingerprint density at radius 2 is 1.60 bits per heavy atom. The SMILES string of the molecule is CCCCCC(CCCCC(C)C)OC(=O)C1CCCC(C(=O)O)C1. The van der Waals surface area contributed by atoms with Gasteiger partial charge in [0.25, 0.3) is 0 Å². The molecule has 0 saturated heterocycles. The fourth-order valence-electron chi connectivity index (χ4n) is 3.70. The predicted octanol–water partition coefficient (Wildman–Crippen LogP) is 5.59. The zero-order valence-electron chi connectivity index (χ0n) is 16.5. The Morgan fingerprint density at radius 1 is 1.00 bits per heavy atom. The van der Waals surface area contributed by atoms with Gasteiger partial charge in [-0.3, -0.25) is 9.59 Å². The van der Waals surface area contributed by atoms with E-state index in [1.54, 1.807) is 0 Å². The van der Waals surface area contributed by atoms with E-state index in [0.717, 1.165) is 50.9 Å². The van der Waals surface area contributed by atoms with Crippen LogP contribution in [0.5, 0.6) is 0 Å². The summed E-state index contributed by atoms with van der Waals surface area (Å²) < 4.78 is 5.84. The number of rotatable bonds is 12. The molecule has 0 aromatic rings. The molecule has 1 saturated carbocycles. The summed E-state index contributed by atoms with van der Waals surface area (Å²) in [4.78, 5) is 23.7. The topological polar surface area (TPSA) is 63.6 Å². The fraction of sp³-hybridized carbons (Fsp3) is 0.905. The Kier molecular flexibility index (Phi) is 10.8. The van der Waals surface area contributed by atoms with Crippen molar-refractivity contribution in [1.29, 1.82) is 0 Å². The summed E-state index contributed by atoms with van der Waals surface area (Å²) in [6.45, 7) is 6.65. The number of aliphatic carboxylic acids is 1. The van der Waals surface area contributed by atoms with Crippen LogP contribution in [0, 0.1) is 17.8 Å². The molecule has 1 aliphatic carbocycles. The standard InChI is InChI=1S/C21H38O4/c1-4-5-6-13-19(14-8-7-10-16(2)3)25-21(24)18-12-9-11-17(15-18)20(22)23/h16-19H,4-15H2,1-3H3,(H,22,23). The number of ether oxygens (including phenoxy) is 1. The zero-order valence-corrected chi connectivity index (χ0v) is 16.5. The maximum atomic E-state index is 12.5. The Bertz CT molecular complexity index is 391. The molecular formula is C21H38O4. The van der Waals surface area contributed by atoms with E-state index in [0.29, 0.717) is 12.8 Å². The van der Waals surface area contributed by atoms with Gasteiger partial charge in [-0.15, -0.1) is 0 Å². The molecule has 1 N–H and O–H groups in total. The van der Waals surface area contributed by atoms with Crippen molar-refractivity contribution in [3.8, 4) is 0 Å². The normalized spacial score (nSPS) is 21.9. The van der Waals surface area contributed by atoms with Crippen molar-refractivity contribution in [2.24, 2.45) is 17.8 Å². The molecule has 0 aromatic heterocycles. The molecule has 0 heterocycles. The van der Waals surface area contributed by atoms with Crippen molar-refractivity contribution in [2.75, 3.05) is 0 Å². The van der Waals surface area contributed by atoms with E-state index < -0.39 is 5.97 Å². The summed E-state index contributed by atoms with van der Waals surface area (Å²) in [7, 11) is 0. The number of esters is 1. The van der Waals surface area contributed by atoms with E-state index in [1.807, 2.05) is 0 Å². The Labute approximate surface area is 153 Å². The Hall–Kier alpha value is -1.06. The number of carboxylic acid groups (broad SMARTS) is 1. The van der Waals surface area contributed by atoms with Crippen LogP contribution in [0.3, 0.4) is 0 Å². The average Bonchev–Trinajstić information content (AvgIpc) is 2.58. The molecule has 1 aliphatic rings. The van der Waals surface area contributed by atoms with Gasteiger partial charge < -0.3 is 9.84 Å². The molecule has 0 aromatic carbocycles. The van der Waals surface area contributed by atoms with Crippen molar-refractivity contribution in [1.82, 2.24) is 0 Å². The number of carboxylic acids is 1. The summed E-state index contributed by atoms with van der Waals surface area (Å²) in [6, 6.07) is 0. The minimum absolute atomic E-state index is 0.0106. The van der Waals surface area contributed by atoms with Gasteiger partial charge >= 0.3 is 11.9 Å². The molecule has 3 atom stereocenters. The van der Waals surface area contributed by atoms with Crippen LogP contribution in [0.1, 0.15) is 97.8 Å². The third-order valence-electron chi connectivity index (χ3n) is 5.33. The van der Waals surface area contributed by atoms with Crippen molar-refractivity contribution >= 4 is 11.9 Å². The average molecular weight is 355 g/mol. The summed E-state index contributed by atoms with van der Waals surface area (Å²) in [5.74, 6) is -0.812. The maximum Gasteiger partial charge on any atom is 0.309 e. The van der Waals surface area contributed by atoms with Crippen molar-refractivity contribution in [3.05, 3.63) is 0 Å². The molecule has 4 nitrogen and oxygen atoms in total. The summed E-state index contributed by atoms with van der Waals surface area (Å²) in [6.07, 6.45) is 11.6. The lowest BCUT2D eigenvalue weighted by atomic mass is 9.81. The van der Waals surface area contributed by atoms with Crippen LogP contribution >= 0.6 is 0 Å². The third-order valence-corrected chi connectivity index (χ3v) is 5.33. The van der Waals surface area contributed by atoms with E-state index in [2.05, 4.69) is 20.8 Å². The molecule has 1 fully saturated rings. The van der Waals surface area contributed by atoms with Crippen LogP contribution in [-0.4, -0.2) is 23.1 Å². The van der Waals surface area contributed by atoms with Crippen LogP contribution in [0.4, 0.5) is 0 Å². The monoisotopic (exact) mass is 354 g/mol. The van der Waals surface area contributed by atoms with Gasteiger partial charge in [-0.05, 0) is 50.9 Å². The van der Waals surface area contributed by atoms with E-state index in [4.69, 9.17) is 4.74 Å². The Morgan fingerprint density at radius 3 is 2.20 bits per heavy atom. The first-order chi connectivity index (χ1) is 11.9. The largest absolute Gasteiger partial charge is 0.481 e. The number of unbranched alkanes of at least 4 members (excludes halogenated alkanes) is 3.